The average Bonchev–Trinajstić information content (AvgIpc) is 2.64. The molecule has 0 atom stereocenters. The fourth-order valence-corrected chi connectivity index (χ4v) is 3.44. The topological polar surface area (TPSA) is 73.7 Å². The summed E-state index contributed by atoms with van der Waals surface area (Å²) in [5, 5.41) is 18.9. The Labute approximate surface area is 167 Å². The number of phenolic OH excluding ortho intramolecular Hbond substituents is 1. The van der Waals surface area contributed by atoms with Crippen LogP contribution in [-0.2, 0) is 4.79 Å². The molecule has 3 aromatic rings. The van der Waals surface area contributed by atoms with E-state index >= 15 is 0 Å². The number of fused-ring (bicyclic) bond motifs is 1. The molecule has 3 N–H and O–H groups in total. The van der Waals surface area contributed by atoms with E-state index in [1.54, 1.807) is 6.07 Å². The molecule has 0 spiro atoms. The third-order valence-electron chi connectivity index (χ3n) is 3.66. The Bertz CT molecular complexity index is 990. The molecule has 5 nitrogen and oxygen atoms in total. The summed E-state index contributed by atoms with van der Waals surface area (Å²) in [6.07, 6.45) is 1.46. The van der Waals surface area contributed by atoms with Crippen LogP contribution < -0.4 is 10.7 Å². The maximum absolute atomic E-state index is 11.9. The molecule has 132 valence electrons. The van der Waals surface area contributed by atoms with Gasteiger partial charge in [0, 0.05) is 15.7 Å². The summed E-state index contributed by atoms with van der Waals surface area (Å²) in [7, 11) is 0. The van der Waals surface area contributed by atoms with Gasteiger partial charge in [-0.15, -0.1) is 0 Å². The van der Waals surface area contributed by atoms with Crippen LogP contribution in [0, 0.1) is 0 Å². The van der Waals surface area contributed by atoms with E-state index < -0.39 is 0 Å². The molecule has 7 heteroatoms. The van der Waals surface area contributed by atoms with Crippen molar-refractivity contribution in [2.24, 2.45) is 5.10 Å². The summed E-state index contributed by atoms with van der Waals surface area (Å²) in [5.74, 6) is -0.175. The van der Waals surface area contributed by atoms with Gasteiger partial charge in [-0.1, -0.05) is 46.3 Å². The van der Waals surface area contributed by atoms with Crippen molar-refractivity contribution in [1.29, 1.82) is 0 Å². The number of rotatable bonds is 5. The maximum Gasteiger partial charge on any atom is 0.259 e. The van der Waals surface area contributed by atoms with Gasteiger partial charge in [0.05, 0.1) is 17.2 Å². The highest BCUT2D eigenvalue weighted by Gasteiger charge is 2.05. The van der Waals surface area contributed by atoms with Gasteiger partial charge in [0.15, 0.2) is 0 Å². The predicted molar refractivity (Wildman–Crippen MR) is 112 cm³/mol. The van der Waals surface area contributed by atoms with Crippen molar-refractivity contribution in [2.75, 3.05) is 11.9 Å². The number of phenols is 1. The number of nitrogens with one attached hydrogen (secondary N) is 2. The average molecular weight is 477 g/mol. The number of amides is 1. The standard InChI is InChI=1S/C19H15Br2N3O2/c20-16-9-17(21)18(25)8-14(16)10-23-24-19(26)11-22-15-6-5-12-3-1-2-4-13(12)7-15/h1-10,22,25H,11H2,(H,24,26)/b23-10-. The van der Waals surface area contributed by atoms with Gasteiger partial charge in [0.25, 0.3) is 5.91 Å². The molecule has 0 unspecified atom stereocenters. The minimum atomic E-state index is -0.271. The van der Waals surface area contributed by atoms with Crippen molar-refractivity contribution < 1.29 is 9.90 Å². The van der Waals surface area contributed by atoms with Crippen LogP contribution >= 0.6 is 31.9 Å². The number of carbonyl (C=O) groups excluding carboxylic acids is 1. The maximum atomic E-state index is 11.9. The summed E-state index contributed by atoms with van der Waals surface area (Å²) in [6.45, 7) is 0.0996. The van der Waals surface area contributed by atoms with Crippen LogP contribution in [0.5, 0.6) is 5.75 Å². The highest BCUT2D eigenvalue weighted by atomic mass is 79.9. The van der Waals surface area contributed by atoms with Crippen LogP contribution in [0.4, 0.5) is 5.69 Å². The van der Waals surface area contributed by atoms with Crippen molar-refractivity contribution >= 4 is 60.4 Å². The van der Waals surface area contributed by atoms with Crippen molar-refractivity contribution in [3.05, 3.63) is 69.1 Å². The van der Waals surface area contributed by atoms with Crippen molar-refractivity contribution in [3.8, 4) is 5.75 Å². The van der Waals surface area contributed by atoms with Gasteiger partial charge in [0.1, 0.15) is 5.75 Å². The van der Waals surface area contributed by atoms with Gasteiger partial charge < -0.3 is 10.4 Å². The quantitative estimate of drug-likeness (QED) is 0.371. The number of halogens is 2. The van der Waals surface area contributed by atoms with E-state index in [-0.39, 0.29) is 18.2 Å². The van der Waals surface area contributed by atoms with E-state index in [0.29, 0.717) is 10.0 Å². The zero-order valence-electron chi connectivity index (χ0n) is 13.5. The van der Waals surface area contributed by atoms with Gasteiger partial charge in [-0.2, -0.15) is 5.10 Å². The molecule has 0 bridgehead atoms. The molecule has 0 saturated carbocycles. The van der Waals surface area contributed by atoms with Crippen molar-refractivity contribution in [2.45, 2.75) is 0 Å². The van der Waals surface area contributed by atoms with Crippen LogP contribution in [0.25, 0.3) is 10.8 Å². The number of hydrogen-bond donors (Lipinski definition) is 3. The van der Waals surface area contributed by atoms with Crippen LogP contribution in [-0.4, -0.2) is 23.8 Å². The normalized spacial score (nSPS) is 11.0. The molecule has 0 heterocycles. The number of nitrogens with zero attached hydrogens (tertiary/aromatic N) is 1. The van der Waals surface area contributed by atoms with Gasteiger partial charge in [-0.05, 0) is 51.0 Å². The van der Waals surface area contributed by atoms with Crippen molar-refractivity contribution in [3.63, 3.8) is 0 Å². The second-order valence-electron chi connectivity index (χ2n) is 5.53. The Morgan fingerprint density at radius 2 is 1.81 bits per heavy atom. The Balaban J connectivity index is 1.56. The van der Waals surface area contributed by atoms with Crippen LogP contribution in [0.2, 0.25) is 0 Å². The van der Waals surface area contributed by atoms with Gasteiger partial charge in [-0.3, -0.25) is 4.79 Å². The Kier molecular flexibility index (Phi) is 5.90. The van der Waals surface area contributed by atoms with E-state index in [2.05, 4.69) is 47.7 Å². The van der Waals surface area contributed by atoms with Gasteiger partial charge in [-0.25, -0.2) is 5.43 Å². The molecular formula is C19H15Br2N3O2. The van der Waals surface area contributed by atoms with Crippen LogP contribution in [0.15, 0.2) is 68.6 Å². The smallest absolute Gasteiger partial charge is 0.259 e. The molecule has 26 heavy (non-hydrogen) atoms. The first-order valence-electron chi connectivity index (χ1n) is 7.75. The number of anilines is 1. The molecule has 0 saturated heterocycles. The van der Waals surface area contributed by atoms with Crippen LogP contribution in [0.1, 0.15) is 5.56 Å². The number of aromatic hydroxyl groups is 1. The summed E-state index contributed by atoms with van der Waals surface area (Å²) in [6, 6.07) is 17.2. The second kappa shape index (κ2) is 8.33. The lowest BCUT2D eigenvalue weighted by molar-refractivity contribution is -0.119. The third-order valence-corrected chi connectivity index (χ3v) is 4.98. The lowest BCUT2D eigenvalue weighted by atomic mass is 10.1. The third kappa shape index (κ3) is 4.62. The van der Waals surface area contributed by atoms with E-state index in [1.165, 1.54) is 12.3 Å². The zero-order valence-corrected chi connectivity index (χ0v) is 16.7. The summed E-state index contributed by atoms with van der Waals surface area (Å²) >= 11 is 6.60. The lowest BCUT2D eigenvalue weighted by Crippen LogP contribution is -2.25. The fraction of sp³-hybridized carbons (Fsp3) is 0.0526. The molecule has 3 aromatic carbocycles. The molecular weight excluding hydrogens is 462 g/mol. The number of hydrogen-bond acceptors (Lipinski definition) is 4. The Hall–Kier alpha value is -2.38. The molecule has 0 aromatic heterocycles. The SMILES string of the molecule is O=C(CNc1ccc2ccccc2c1)N/N=C\c1cc(O)c(Br)cc1Br. The summed E-state index contributed by atoms with van der Waals surface area (Å²) < 4.78 is 1.32. The highest BCUT2D eigenvalue weighted by molar-refractivity contribution is 9.11. The zero-order chi connectivity index (χ0) is 18.5. The monoisotopic (exact) mass is 475 g/mol. The predicted octanol–water partition coefficient (Wildman–Crippen LogP) is 4.63. The molecule has 0 aliphatic carbocycles. The fourth-order valence-electron chi connectivity index (χ4n) is 2.35. The van der Waals surface area contributed by atoms with E-state index in [9.17, 15) is 9.90 Å². The highest BCUT2D eigenvalue weighted by Crippen LogP contribution is 2.29. The van der Waals surface area contributed by atoms with Crippen LogP contribution in [0.3, 0.4) is 0 Å². The van der Waals surface area contributed by atoms with E-state index in [0.717, 1.165) is 20.9 Å². The van der Waals surface area contributed by atoms with Gasteiger partial charge >= 0.3 is 0 Å². The molecule has 3 rings (SSSR count). The van der Waals surface area contributed by atoms with E-state index in [4.69, 9.17) is 0 Å². The Morgan fingerprint density at radius 1 is 1.04 bits per heavy atom. The molecule has 0 aliphatic heterocycles. The first-order valence-corrected chi connectivity index (χ1v) is 9.34. The molecule has 0 radical (unpaired) electrons. The number of benzene rings is 3. The second-order valence-corrected chi connectivity index (χ2v) is 7.24. The first-order chi connectivity index (χ1) is 12.5. The number of hydrazone groups is 1. The van der Waals surface area contributed by atoms with Crippen molar-refractivity contribution in [1.82, 2.24) is 5.43 Å². The minimum Gasteiger partial charge on any atom is -0.507 e. The summed E-state index contributed by atoms with van der Waals surface area (Å²) in [4.78, 5) is 11.9. The first kappa shape index (κ1) is 18.4. The molecule has 1 amide bonds. The van der Waals surface area contributed by atoms with Gasteiger partial charge in [0.2, 0.25) is 0 Å². The summed E-state index contributed by atoms with van der Waals surface area (Å²) in [5.41, 5.74) is 3.96. The van der Waals surface area contributed by atoms with E-state index in [1.807, 2.05) is 42.5 Å². The minimum absolute atomic E-state index is 0.0962. The Morgan fingerprint density at radius 3 is 2.62 bits per heavy atom. The largest absolute Gasteiger partial charge is 0.507 e. The molecule has 0 fully saturated rings. The molecule has 0 aliphatic rings. The lowest BCUT2D eigenvalue weighted by Gasteiger charge is -2.07. The number of carbonyl (C=O) groups is 1.